The summed E-state index contributed by atoms with van der Waals surface area (Å²) in [7, 11) is 0. The molecule has 1 heterocycles. The van der Waals surface area contributed by atoms with E-state index in [9.17, 15) is 4.79 Å². The zero-order valence-electron chi connectivity index (χ0n) is 10.3. The molecule has 1 atom stereocenters. The molecule has 94 valence electrons. The zero-order valence-corrected chi connectivity index (χ0v) is 12.0. The third kappa shape index (κ3) is 3.57. The Labute approximate surface area is 107 Å². The standard InChI is InChI=1S/C11H22N2OS2/c1-4-11(5-2,15-3)7-12-10(14)9-6-16-8-13-9/h9,13H,4-8H2,1-3H3,(H,12,14). The van der Waals surface area contributed by atoms with Gasteiger partial charge in [0, 0.05) is 22.9 Å². The number of amides is 1. The topological polar surface area (TPSA) is 41.1 Å². The molecule has 16 heavy (non-hydrogen) atoms. The molecule has 0 spiro atoms. The predicted octanol–water partition coefficient (Wildman–Crippen LogP) is 1.69. The average molecular weight is 262 g/mol. The van der Waals surface area contributed by atoms with Crippen molar-refractivity contribution in [2.75, 3.05) is 24.4 Å². The Hall–Kier alpha value is 0.130. The fraction of sp³-hybridized carbons (Fsp3) is 0.909. The summed E-state index contributed by atoms with van der Waals surface area (Å²) in [4.78, 5) is 11.8. The number of carbonyl (C=O) groups excluding carboxylic acids is 1. The fourth-order valence-corrected chi connectivity index (χ4v) is 3.53. The molecule has 1 aliphatic heterocycles. The first kappa shape index (κ1) is 14.2. The van der Waals surface area contributed by atoms with E-state index < -0.39 is 0 Å². The highest BCUT2D eigenvalue weighted by Crippen LogP contribution is 2.29. The normalized spacial score (nSPS) is 21.1. The lowest BCUT2D eigenvalue weighted by Gasteiger charge is -2.30. The van der Waals surface area contributed by atoms with Crippen LogP contribution in [0.15, 0.2) is 0 Å². The molecule has 1 rings (SSSR count). The predicted molar refractivity (Wildman–Crippen MR) is 74.1 cm³/mol. The van der Waals surface area contributed by atoms with Crippen molar-refractivity contribution in [2.24, 2.45) is 0 Å². The van der Waals surface area contributed by atoms with Crippen LogP contribution in [0, 0.1) is 0 Å². The van der Waals surface area contributed by atoms with Crippen LogP contribution in [-0.4, -0.2) is 41.1 Å². The third-order valence-electron chi connectivity index (χ3n) is 3.34. The molecule has 0 saturated carbocycles. The molecule has 3 nitrogen and oxygen atoms in total. The van der Waals surface area contributed by atoms with Crippen LogP contribution in [0.25, 0.3) is 0 Å². The first-order valence-electron chi connectivity index (χ1n) is 5.81. The number of thioether (sulfide) groups is 2. The lowest BCUT2D eigenvalue weighted by molar-refractivity contribution is -0.122. The number of hydrogen-bond acceptors (Lipinski definition) is 4. The van der Waals surface area contributed by atoms with Gasteiger partial charge in [-0.05, 0) is 19.1 Å². The van der Waals surface area contributed by atoms with Gasteiger partial charge in [0.2, 0.25) is 5.91 Å². The van der Waals surface area contributed by atoms with Crippen molar-refractivity contribution in [1.29, 1.82) is 0 Å². The molecule has 0 radical (unpaired) electrons. The van der Waals surface area contributed by atoms with Crippen molar-refractivity contribution in [2.45, 2.75) is 37.5 Å². The quantitative estimate of drug-likeness (QED) is 0.764. The van der Waals surface area contributed by atoms with E-state index in [1.54, 1.807) is 11.8 Å². The molecule has 1 unspecified atom stereocenters. The number of rotatable bonds is 6. The van der Waals surface area contributed by atoms with Gasteiger partial charge < -0.3 is 5.32 Å². The van der Waals surface area contributed by atoms with E-state index in [0.29, 0.717) is 0 Å². The molecule has 1 saturated heterocycles. The van der Waals surface area contributed by atoms with E-state index in [0.717, 1.165) is 31.0 Å². The van der Waals surface area contributed by atoms with Gasteiger partial charge in [-0.25, -0.2) is 0 Å². The SMILES string of the molecule is CCC(CC)(CNC(=O)C1CSCN1)SC. The van der Waals surface area contributed by atoms with Crippen LogP contribution >= 0.6 is 23.5 Å². The summed E-state index contributed by atoms with van der Waals surface area (Å²) >= 11 is 3.65. The lowest BCUT2D eigenvalue weighted by Crippen LogP contribution is -2.47. The number of nitrogens with one attached hydrogen (secondary N) is 2. The van der Waals surface area contributed by atoms with Crippen LogP contribution in [0.4, 0.5) is 0 Å². The Morgan fingerprint density at radius 2 is 2.25 bits per heavy atom. The molecule has 0 aromatic rings. The highest BCUT2D eigenvalue weighted by Gasteiger charge is 2.28. The molecule has 0 aromatic heterocycles. The van der Waals surface area contributed by atoms with Gasteiger partial charge in [-0.3, -0.25) is 10.1 Å². The van der Waals surface area contributed by atoms with Gasteiger partial charge >= 0.3 is 0 Å². The van der Waals surface area contributed by atoms with Crippen LogP contribution in [-0.2, 0) is 4.79 Å². The maximum atomic E-state index is 11.8. The van der Waals surface area contributed by atoms with Gasteiger partial charge in [0.05, 0.1) is 6.04 Å². The van der Waals surface area contributed by atoms with Gasteiger partial charge in [0.1, 0.15) is 0 Å². The second-order valence-electron chi connectivity index (χ2n) is 4.08. The Morgan fingerprint density at radius 3 is 2.69 bits per heavy atom. The molecular weight excluding hydrogens is 240 g/mol. The average Bonchev–Trinajstić information content (AvgIpc) is 2.85. The van der Waals surface area contributed by atoms with Crippen molar-refractivity contribution < 1.29 is 4.79 Å². The lowest BCUT2D eigenvalue weighted by atomic mass is 10.0. The van der Waals surface area contributed by atoms with Crippen molar-refractivity contribution in [1.82, 2.24) is 10.6 Å². The molecular formula is C11H22N2OS2. The third-order valence-corrected chi connectivity index (χ3v) is 5.87. The number of carbonyl (C=O) groups is 1. The Kier molecular flexibility index (Phi) is 6.00. The van der Waals surface area contributed by atoms with E-state index in [2.05, 4.69) is 30.7 Å². The Morgan fingerprint density at radius 1 is 1.56 bits per heavy atom. The summed E-state index contributed by atoms with van der Waals surface area (Å²) in [5.74, 6) is 1.95. The second-order valence-corrected chi connectivity index (χ2v) is 6.39. The van der Waals surface area contributed by atoms with E-state index in [1.807, 2.05) is 11.8 Å². The molecule has 0 aliphatic carbocycles. The fourth-order valence-electron chi connectivity index (χ4n) is 1.80. The van der Waals surface area contributed by atoms with Gasteiger partial charge in [0.15, 0.2) is 0 Å². The largest absolute Gasteiger partial charge is 0.353 e. The second kappa shape index (κ2) is 6.77. The molecule has 2 N–H and O–H groups in total. The smallest absolute Gasteiger partial charge is 0.238 e. The minimum atomic E-state index is 0.0123. The summed E-state index contributed by atoms with van der Waals surface area (Å²) in [5, 5.41) is 6.27. The highest BCUT2D eigenvalue weighted by molar-refractivity contribution is 8.00. The molecule has 1 fully saturated rings. The van der Waals surface area contributed by atoms with Crippen molar-refractivity contribution in [3.8, 4) is 0 Å². The minimum absolute atomic E-state index is 0.0123. The van der Waals surface area contributed by atoms with Crippen LogP contribution in [0.1, 0.15) is 26.7 Å². The van der Waals surface area contributed by atoms with Crippen molar-refractivity contribution in [3.05, 3.63) is 0 Å². The Balaban J connectivity index is 2.39. The maximum absolute atomic E-state index is 11.8. The zero-order chi connectivity index (χ0) is 12.0. The summed E-state index contributed by atoms with van der Waals surface area (Å²) in [5.41, 5.74) is 0. The maximum Gasteiger partial charge on any atom is 0.238 e. The van der Waals surface area contributed by atoms with Gasteiger partial charge in [-0.1, -0.05) is 13.8 Å². The summed E-state index contributed by atoms with van der Waals surface area (Å²) < 4.78 is 0.210. The molecule has 5 heteroatoms. The monoisotopic (exact) mass is 262 g/mol. The summed E-state index contributed by atoms with van der Waals surface area (Å²) in [6.45, 7) is 5.16. The summed E-state index contributed by atoms with van der Waals surface area (Å²) in [6, 6.07) is 0.0123. The Bertz CT molecular complexity index is 218. The van der Waals surface area contributed by atoms with Crippen LogP contribution < -0.4 is 10.6 Å². The number of hydrogen-bond donors (Lipinski definition) is 2. The first-order valence-corrected chi connectivity index (χ1v) is 8.19. The van der Waals surface area contributed by atoms with Gasteiger partial charge in [-0.15, -0.1) is 11.8 Å². The van der Waals surface area contributed by atoms with E-state index in [1.165, 1.54) is 0 Å². The highest BCUT2D eigenvalue weighted by atomic mass is 32.2. The van der Waals surface area contributed by atoms with Crippen molar-refractivity contribution >= 4 is 29.4 Å². The van der Waals surface area contributed by atoms with Gasteiger partial charge in [-0.2, -0.15) is 11.8 Å². The molecule has 1 amide bonds. The van der Waals surface area contributed by atoms with E-state index in [4.69, 9.17) is 0 Å². The van der Waals surface area contributed by atoms with E-state index in [-0.39, 0.29) is 16.7 Å². The molecule has 0 bridgehead atoms. The van der Waals surface area contributed by atoms with E-state index >= 15 is 0 Å². The molecule has 1 aliphatic rings. The summed E-state index contributed by atoms with van der Waals surface area (Å²) in [6.07, 6.45) is 4.32. The first-order chi connectivity index (χ1) is 7.67. The van der Waals surface area contributed by atoms with Gasteiger partial charge in [0.25, 0.3) is 0 Å². The van der Waals surface area contributed by atoms with Crippen LogP contribution in [0.5, 0.6) is 0 Å². The molecule has 0 aromatic carbocycles. The van der Waals surface area contributed by atoms with Crippen LogP contribution in [0.2, 0.25) is 0 Å². The van der Waals surface area contributed by atoms with Crippen molar-refractivity contribution in [3.63, 3.8) is 0 Å². The minimum Gasteiger partial charge on any atom is -0.353 e. The van der Waals surface area contributed by atoms with Crippen LogP contribution in [0.3, 0.4) is 0 Å².